The van der Waals surface area contributed by atoms with Gasteiger partial charge in [-0.15, -0.1) is 0 Å². The molecule has 2 N–H and O–H groups in total. The molecular formula is C18H22FNO. The van der Waals surface area contributed by atoms with Gasteiger partial charge in [0.25, 0.3) is 0 Å². The lowest BCUT2D eigenvalue weighted by atomic mass is 9.86. The van der Waals surface area contributed by atoms with Crippen molar-refractivity contribution in [2.24, 2.45) is 5.73 Å². The highest BCUT2D eigenvalue weighted by Gasteiger charge is 2.18. The Labute approximate surface area is 125 Å². The summed E-state index contributed by atoms with van der Waals surface area (Å²) in [6, 6.07) is 12.9. The monoisotopic (exact) mass is 287 g/mol. The van der Waals surface area contributed by atoms with Crippen molar-refractivity contribution >= 4 is 0 Å². The largest absolute Gasteiger partial charge is 0.489 e. The molecule has 2 nitrogen and oxygen atoms in total. The van der Waals surface area contributed by atoms with Gasteiger partial charge < -0.3 is 10.5 Å². The molecule has 0 saturated carbocycles. The molecule has 3 heteroatoms. The molecule has 0 amide bonds. The summed E-state index contributed by atoms with van der Waals surface area (Å²) in [6.45, 7) is 7.05. The first-order chi connectivity index (χ1) is 9.91. The summed E-state index contributed by atoms with van der Waals surface area (Å²) in [5.74, 6) is 0.597. The lowest BCUT2D eigenvalue weighted by molar-refractivity contribution is 0.297. The Morgan fingerprint density at radius 3 is 2.48 bits per heavy atom. The number of para-hydroxylation sites is 1. The van der Waals surface area contributed by atoms with E-state index in [0.717, 1.165) is 16.9 Å². The first-order valence-corrected chi connectivity index (χ1v) is 7.11. The van der Waals surface area contributed by atoms with E-state index < -0.39 is 0 Å². The van der Waals surface area contributed by atoms with Gasteiger partial charge in [0.05, 0.1) is 0 Å². The maximum atomic E-state index is 13.4. The summed E-state index contributed by atoms with van der Waals surface area (Å²) in [6.07, 6.45) is 0. The van der Waals surface area contributed by atoms with Crippen LogP contribution in [0.4, 0.5) is 4.39 Å². The van der Waals surface area contributed by atoms with Crippen molar-refractivity contribution in [3.05, 3.63) is 65.0 Å². The molecule has 0 bridgehead atoms. The van der Waals surface area contributed by atoms with E-state index in [1.54, 1.807) is 12.1 Å². The van der Waals surface area contributed by atoms with Crippen LogP contribution in [0.1, 0.15) is 37.5 Å². The zero-order chi connectivity index (χ0) is 15.5. The second kappa shape index (κ2) is 6.27. The molecule has 0 radical (unpaired) electrons. The van der Waals surface area contributed by atoms with Crippen molar-refractivity contribution < 1.29 is 9.13 Å². The Bertz CT molecular complexity index is 617. The fourth-order valence-electron chi connectivity index (χ4n) is 2.25. The smallest absolute Gasteiger partial charge is 0.127 e. The molecular weight excluding hydrogens is 265 g/mol. The van der Waals surface area contributed by atoms with Gasteiger partial charge in [-0.1, -0.05) is 45.0 Å². The summed E-state index contributed by atoms with van der Waals surface area (Å²) in [5, 5.41) is 0. The normalized spacial score (nSPS) is 11.5. The number of hydrogen-bond acceptors (Lipinski definition) is 2. The van der Waals surface area contributed by atoms with Gasteiger partial charge >= 0.3 is 0 Å². The highest BCUT2D eigenvalue weighted by molar-refractivity contribution is 5.38. The van der Waals surface area contributed by atoms with Crippen molar-refractivity contribution in [1.29, 1.82) is 0 Å². The van der Waals surface area contributed by atoms with Crippen molar-refractivity contribution in [1.82, 2.24) is 0 Å². The lowest BCUT2D eigenvalue weighted by Gasteiger charge is -2.22. The van der Waals surface area contributed by atoms with Crippen LogP contribution in [0.5, 0.6) is 5.75 Å². The van der Waals surface area contributed by atoms with E-state index in [2.05, 4.69) is 26.8 Å². The van der Waals surface area contributed by atoms with Gasteiger partial charge in [-0.05, 0) is 34.7 Å². The molecule has 0 heterocycles. The van der Waals surface area contributed by atoms with E-state index in [0.29, 0.717) is 12.2 Å². The molecule has 0 saturated heterocycles. The molecule has 0 aliphatic rings. The summed E-state index contributed by atoms with van der Waals surface area (Å²) in [5.41, 5.74) is 8.13. The maximum absolute atomic E-state index is 13.4. The summed E-state index contributed by atoms with van der Waals surface area (Å²) in [4.78, 5) is 0. The molecule has 0 unspecified atom stereocenters. The van der Waals surface area contributed by atoms with E-state index >= 15 is 0 Å². The van der Waals surface area contributed by atoms with Crippen LogP contribution in [0.2, 0.25) is 0 Å². The zero-order valence-electron chi connectivity index (χ0n) is 12.8. The van der Waals surface area contributed by atoms with Crippen molar-refractivity contribution in [3.63, 3.8) is 0 Å². The van der Waals surface area contributed by atoms with E-state index in [4.69, 9.17) is 10.5 Å². The van der Waals surface area contributed by atoms with E-state index in [1.807, 2.05) is 18.2 Å². The molecule has 112 valence electrons. The minimum absolute atomic E-state index is 0.0157. The number of halogens is 1. The molecule has 0 aliphatic carbocycles. The van der Waals surface area contributed by atoms with Crippen LogP contribution in [0.15, 0.2) is 42.5 Å². The number of ether oxygens (including phenoxy) is 1. The molecule has 2 rings (SSSR count). The molecule has 0 aromatic heterocycles. The Balaban J connectivity index is 2.17. The van der Waals surface area contributed by atoms with E-state index in [-0.39, 0.29) is 17.8 Å². The number of nitrogens with two attached hydrogens (primary N) is 1. The van der Waals surface area contributed by atoms with Gasteiger partial charge in [-0.25, -0.2) is 4.39 Å². The van der Waals surface area contributed by atoms with Crippen LogP contribution in [-0.4, -0.2) is 0 Å². The number of benzene rings is 2. The predicted octanol–water partition coefficient (Wildman–Crippen LogP) is 4.16. The van der Waals surface area contributed by atoms with Gasteiger partial charge in [0.15, 0.2) is 0 Å². The number of hydrogen-bond donors (Lipinski definition) is 1. The van der Waals surface area contributed by atoms with Gasteiger partial charge in [-0.2, -0.15) is 0 Å². The lowest BCUT2D eigenvalue weighted by Crippen LogP contribution is -2.13. The minimum Gasteiger partial charge on any atom is -0.489 e. The van der Waals surface area contributed by atoms with Crippen molar-refractivity contribution in [2.45, 2.75) is 39.3 Å². The molecule has 0 atom stereocenters. The van der Waals surface area contributed by atoms with Gasteiger partial charge in [-0.3, -0.25) is 0 Å². The highest BCUT2D eigenvalue weighted by Crippen LogP contribution is 2.31. The van der Waals surface area contributed by atoms with Crippen molar-refractivity contribution in [2.75, 3.05) is 0 Å². The third-order valence-electron chi connectivity index (χ3n) is 3.42. The third kappa shape index (κ3) is 3.82. The van der Waals surface area contributed by atoms with Crippen LogP contribution in [0, 0.1) is 5.82 Å². The van der Waals surface area contributed by atoms with Crippen molar-refractivity contribution in [3.8, 4) is 5.75 Å². The number of rotatable bonds is 4. The Hall–Kier alpha value is -1.87. The van der Waals surface area contributed by atoms with Gasteiger partial charge in [0.1, 0.15) is 18.2 Å². The maximum Gasteiger partial charge on any atom is 0.127 e. The standard InChI is InChI=1S/C18H22FNO/c1-18(2,3)15-6-4-5-7-17(15)21-12-13-8-9-16(19)14(10-13)11-20/h4-10H,11-12,20H2,1-3H3. The summed E-state index contributed by atoms with van der Waals surface area (Å²) in [7, 11) is 0. The molecule has 2 aromatic rings. The molecule has 21 heavy (non-hydrogen) atoms. The Kier molecular flexibility index (Phi) is 4.63. The third-order valence-corrected chi connectivity index (χ3v) is 3.42. The average molecular weight is 287 g/mol. The fourth-order valence-corrected chi connectivity index (χ4v) is 2.25. The Morgan fingerprint density at radius 2 is 1.81 bits per heavy atom. The van der Waals surface area contributed by atoms with E-state index in [1.165, 1.54) is 6.07 Å². The molecule has 0 fully saturated rings. The molecule has 0 aliphatic heterocycles. The Morgan fingerprint density at radius 1 is 1.10 bits per heavy atom. The quantitative estimate of drug-likeness (QED) is 0.916. The minimum atomic E-state index is -0.267. The molecule has 0 spiro atoms. The molecule has 2 aromatic carbocycles. The van der Waals surface area contributed by atoms with Crippen LogP contribution >= 0.6 is 0 Å². The van der Waals surface area contributed by atoms with Crippen LogP contribution in [0.25, 0.3) is 0 Å². The summed E-state index contributed by atoms with van der Waals surface area (Å²) < 4.78 is 19.4. The van der Waals surface area contributed by atoms with Gasteiger partial charge in [0.2, 0.25) is 0 Å². The van der Waals surface area contributed by atoms with Gasteiger partial charge in [0, 0.05) is 12.1 Å². The fraction of sp³-hybridized carbons (Fsp3) is 0.333. The van der Waals surface area contributed by atoms with Crippen LogP contribution < -0.4 is 10.5 Å². The van der Waals surface area contributed by atoms with Crippen LogP contribution in [-0.2, 0) is 18.6 Å². The van der Waals surface area contributed by atoms with Crippen LogP contribution in [0.3, 0.4) is 0 Å². The summed E-state index contributed by atoms with van der Waals surface area (Å²) >= 11 is 0. The zero-order valence-corrected chi connectivity index (χ0v) is 12.8. The van der Waals surface area contributed by atoms with E-state index in [9.17, 15) is 4.39 Å². The second-order valence-electron chi connectivity index (χ2n) is 6.16. The topological polar surface area (TPSA) is 35.2 Å². The first kappa shape index (κ1) is 15.5. The highest BCUT2D eigenvalue weighted by atomic mass is 19.1. The second-order valence-corrected chi connectivity index (χ2v) is 6.16. The average Bonchev–Trinajstić information content (AvgIpc) is 2.45. The predicted molar refractivity (Wildman–Crippen MR) is 83.8 cm³/mol. The SMILES string of the molecule is CC(C)(C)c1ccccc1OCc1ccc(F)c(CN)c1. The first-order valence-electron chi connectivity index (χ1n) is 7.11.